The van der Waals surface area contributed by atoms with Crippen molar-refractivity contribution in [1.29, 1.82) is 0 Å². The Morgan fingerprint density at radius 2 is 1.96 bits per heavy atom. The lowest BCUT2D eigenvalue weighted by Crippen LogP contribution is -2.43. The number of hydrogen-bond donors (Lipinski definition) is 2. The average Bonchev–Trinajstić information content (AvgIpc) is 2.59. The third kappa shape index (κ3) is 9.34. The van der Waals surface area contributed by atoms with E-state index in [-0.39, 0.29) is 11.8 Å². The Morgan fingerprint density at radius 1 is 1.28 bits per heavy atom. The summed E-state index contributed by atoms with van der Waals surface area (Å²) in [7, 11) is -1.20. The second kappa shape index (κ2) is 11.0. The van der Waals surface area contributed by atoms with Crippen LogP contribution < -0.4 is 15.5 Å². The van der Waals surface area contributed by atoms with Crippen LogP contribution in [0, 0.1) is 0 Å². The molecule has 0 aliphatic rings. The largest absolute Gasteiger partial charge is 0.372 e. The Labute approximate surface area is 152 Å². The van der Waals surface area contributed by atoms with E-state index >= 15 is 0 Å². The molecule has 0 heterocycles. The summed E-state index contributed by atoms with van der Waals surface area (Å²) >= 11 is 0. The first-order valence-electron chi connectivity index (χ1n) is 8.80. The minimum atomic E-state index is -2.93. The maximum absolute atomic E-state index is 11.2. The van der Waals surface area contributed by atoms with Gasteiger partial charge in [-0.05, 0) is 38.8 Å². The molecule has 1 rings (SSSR count). The van der Waals surface area contributed by atoms with Gasteiger partial charge in [0.25, 0.3) is 0 Å². The average molecular weight is 369 g/mol. The zero-order chi connectivity index (χ0) is 18.7. The number of para-hydroxylation sites is 1. The van der Waals surface area contributed by atoms with Crippen molar-refractivity contribution < 1.29 is 8.42 Å². The van der Waals surface area contributed by atoms with Gasteiger partial charge in [0.15, 0.2) is 5.96 Å². The van der Waals surface area contributed by atoms with Gasteiger partial charge in [0.05, 0.1) is 5.75 Å². The molecule has 6 nitrogen and oxygen atoms in total. The second-order valence-corrected chi connectivity index (χ2v) is 8.49. The van der Waals surface area contributed by atoms with E-state index in [0.717, 1.165) is 26.1 Å². The molecule has 0 saturated carbocycles. The van der Waals surface area contributed by atoms with Crippen LogP contribution in [0.25, 0.3) is 0 Å². The van der Waals surface area contributed by atoms with Crippen LogP contribution in [-0.4, -0.2) is 59.1 Å². The number of nitrogens with zero attached hydrogens (tertiary/aromatic N) is 2. The van der Waals surface area contributed by atoms with Crippen molar-refractivity contribution in [3.05, 3.63) is 30.3 Å². The van der Waals surface area contributed by atoms with Crippen LogP contribution in [0.4, 0.5) is 5.69 Å². The van der Waals surface area contributed by atoms with Gasteiger partial charge >= 0.3 is 0 Å². The Kier molecular flexibility index (Phi) is 9.34. The molecule has 0 saturated heterocycles. The number of hydrogen-bond acceptors (Lipinski definition) is 4. The Morgan fingerprint density at radius 3 is 2.52 bits per heavy atom. The van der Waals surface area contributed by atoms with Crippen LogP contribution in [0.1, 0.15) is 26.7 Å². The second-order valence-electron chi connectivity index (χ2n) is 6.23. The number of guanidine groups is 1. The summed E-state index contributed by atoms with van der Waals surface area (Å²) < 4.78 is 22.5. The third-order valence-electron chi connectivity index (χ3n) is 3.93. The molecule has 0 spiro atoms. The number of benzene rings is 1. The van der Waals surface area contributed by atoms with E-state index in [9.17, 15) is 8.42 Å². The van der Waals surface area contributed by atoms with Crippen molar-refractivity contribution in [2.45, 2.75) is 32.7 Å². The molecule has 2 N–H and O–H groups in total. The number of sulfone groups is 1. The summed E-state index contributed by atoms with van der Waals surface area (Å²) in [5.74, 6) is 0.893. The number of nitrogens with one attached hydrogen (secondary N) is 2. The number of aliphatic imine (C=N–C) groups is 1. The molecule has 0 radical (unpaired) electrons. The molecule has 142 valence electrons. The molecule has 0 aromatic heterocycles. The number of rotatable bonds is 10. The van der Waals surface area contributed by atoms with Crippen molar-refractivity contribution >= 4 is 21.5 Å². The van der Waals surface area contributed by atoms with Crippen LogP contribution in [-0.2, 0) is 9.84 Å². The van der Waals surface area contributed by atoms with Crippen LogP contribution in [0.5, 0.6) is 0 Å². The lowest BCUT2D eigenvalue weighted by Gasteiger charge is -2.23. The molecule has 0 amide bonds. The van der Waals surface area contributed by atoms with Crippen LogP contribution in [0.3, 0.4) is 0 Å². The van der Waals surface area contributed by atoms with E-state index in [0.29, 0.717) is 12.4 Å². The van der Waals surface area contributed by atoms with E-state index in [1.54, 1.807) is 7.05 Å². The van der Waals surface area contributed by atoms with Gasteiger partial charge in [0.1, 0.15) is 9.84 Å². The van der Waals surface area contributed by atoms with E-state index in [1.165, 1.54) is 11.9 Å². The first-order chi connectivity index (χ1) is 11.9. The number of anilines is 1. The highest BCUT2D eigenvalue weighted by Crippen LogP contribution is 2.12. The fraction of sp³-hybridized carbons (Fsp3) is 0.611. The molecule has 0 aliphatic heterocycles. The minimum Gasteiger partial charge on any atom is -0.372 e. The highest BCUT2D eigenvalue weighted by Gasteiger charge is 2.09. The standard InChI is InChI=1S/C18H32N4O2S/c1-5-22(17-10-7-6-8-11-17)14-9-13-20-18(19-3)21-16(2)12-15-25(4,23)24/h6-8,10-11,16H,5,9,12-15H2,1-4H3,(H2,19,20,21). The molecule has 0 bridgehead atoms. The molecule has 1 aromatic rings. The van der Waals surface area contributed by atoms with Crippen molar-refractivity contribution in [1.82, 2.24) is 10.6 Å². The zero-order valence-corrected chi connectivity index (χ0v) is 16.6. The zero-order valence-electron chi connectivity index (χ0n) is 15.8. The van der Waals surface area contributed by atoms with Gasteiger partial charge in [0, 0.05) is 44.7 Å². The van der Waals surface area contributed by atoms with Crippen LogP contribution in [0.15, 0.2) is 35.3 Å². The first kappa shape index (κ1) is 21.3. The predicted octanol–water partition coefficient (Wildman–Crippen LogP) is 1.89. The van der Waals surface area contributed by atoms with Gasteiger partial charge in [-0.2, -0.15) is 0 Å². The molecule has 1 unspecified atom stereocenters. The van der Waals surface area contributed by atoms with Gasteiger partial charge in [-0.3, -0.25) is 4.99 Å². The van der Waals surface area contributed by atoms with Gasteiger partial charge in [-0.15, -0.1) is 0 Å². The van der Waals surface area contributed by atoms with Gasteiger partial charge in [0.2, 0.25) is 0 Å². The van der Waals surface area contributed by atoms with E-state index in [4.69, 9.17) is 0 Å². The van der Waals surface area contributed by atoms with Crippen molar-refractivity contribution in [3.63, 3.8) is 0 Å². The van der Waals surface area contributed by atoms with Gasteiger partial charge in [-0.25, -0.2) is 8.42 Å². The van der Waals surface area contributed by atoms with Crippen molar-refractivity contribution in [2.75, 3.05) is 43.6 Å². The minimum absolute atomic E-state index is 0.0531. The molecule has 25 heavy (non-hydrogen) atoms. The first-order valence-corrected chi connectivity index (χ1v) is 10.9. The Bertz CT molecular complexity index is 617. The monoisotopic (exact) mass is 368 g/mol. The predicted molar refractivity (Wildman–Crippen MR) is 107 cm³/mol. The molecule has 0 aliphatic carbocycles. The highest BCUT2D eigenvalue weighted by atomic mass is 32.2. The topological polar surface area (TPSA) is 73.8 Å². The summed E-state index contributed by atoms with van der Waals surface area (Å²) in [6, 6.07) is 10.4. The third-order valence-corrected chi connectivity index (χ3v) is 4.91. The summed E-state index contributed by atoms with van der Waals surface area (Å²) in [4.78, 5) is 6.54. The van der Waals surface area contributed by atoms with Gasteiger partial charge in [-0.1, -0.05) is 18.2 Å². The van der Waals surface area contributed by atoms with Gasteiger partial charge < -0.3 is 15.5 Å². The maximum Gasteiger partial charge on any atom is 0.191 e. The molecular weight excluding hydrogens is 336 g/mol. The van der Waals surface area contributed by atoms with Crippen molar-refractivity contribution in [2.24, 2.45) is 4.99 Å². The molecule has 7 heteroatoms. The Balaban J connectivity index is 2.33. The van der Waals surface area contributed by atoms with E-state index in [1.807, 2.05) is 13.0 Å². The molecule has 0 fully saturated rings. The summed E-state index contributed by atoms with van der Waals surface area (Å²) in [6.07, 6.45) is 2.82. The normalized spacial score (nSPS) is 13.4. The molecular formula is C18H32N4O2S. The summed E-state index contributed by atoms with van der Waals surface area (Å²) in [5, 5.41) is 6.53. The van der Waals surface area contributed by atoms with Crippen molar-refractivity contribution in [3.8, 4) is 0 Å². The van der Waals surface area contributed by atoms with E-state index in [2.05, 4.69) is 51.7 Å². The summed E-state index contributed by atoms with van der Waals surface area (Å²) in [6.45, 7) is 6.87. The fourth-order valence-electron chi connectivity index (χ4n) is 2.48. The summed E-state index contributed by atoms with van der Waals surface area (Å²) in [5.41, 5.74) is 1.24. The quantitative estimate of drug-likeness (QED) is 0.375. The lowest BCUT2D eigenvalue weighted by atomic mass is 10.2. The van der Waals surface area contributed by atoms with E-state index < -0.39 is 9.84 Å². The molecule has 1 atom stereocenters. The smallest absolute Gasteiger partial charge is 0.191 e. The van der Waals surface area contributed by atoms with Crippen LogP contribution in [0.2, 0.25) is 0 Å². The highest BCUT2D eigenvalue weighted by molar-refractivity contribution is 7.90. The van der Waals surface area contributed by atoms with Crippen LogP contribution >= 0.6 is 0 Å². The SMILES string of the molecule is CCN(CCCNC(=NC)NC(C)CCS(C)(=O)=O)c1ccccc1. The Hall–Kier alpha value is -1.76. The maximum atomic E-state index is 11.2. The molecule has 1 aromatic carbocycles. The lowest BCUT2D eigenvalue weighted by molar-refractivity contribution is 0.580. The fourth-order valence-corrected chi connectivity index (χ4v) is 3.26.